The van der Waals surface area contributed by atoms with E-state index in [1.165, 1.54) is 164 Å². The summed E-state index contributed by atoms with van der Waals surface area (Å²) in [6.45, 7) is 4.57. The van der Waals surface area contributed by atoms with Crippen LogP contribution in [0.15, 0.2) is 297 Å². The van der Waals surface area contributed by atoms with E-state index in [1.807, 2.05) is 11.3 Å². The van der Waals surface area contributed by atoms with Crippen molar-refractivity contribution in [1.29, 1.82) is 0 Å². The second kappa shape index (κ2) is 18.8. The molecule has 0 N–H and O–H groups in total. The number of benzene rings is 14. The molecule has 18 aromatic rings. The van der Waals surface area contributed by atoms with E-state index < -0.39 is 0 Å². The Morgan fingerprint density at radius 3 is 1.56 bits per heavy atom. The van der Waals surface area contributed by atoms with Gasteiger partial charge in [0, 0.05) is 97.5 Å². The zero-order chi connectivity index (χ0) is 60.9. The maximum absolute atomic E-state index is 2.73. The number of rotatable bonds is 6. The molecule has 0 spiro atoms. The van der Waals surface area contributed by atoms with Crippen molar-refractivity contribution in [2.45, 2.75) is 19.3 Å². The third-order valence-electron chi connectivity index (χ3n) is 21.2. The Labute approximate surface area is 541 Å². The fraction of sp³-hybridized carbons (Fsp3) is 0.0345. The van der Waals surface area contributed by atoms with Gasteiger partial charge in [-0.3, -0.25) is 0 Å². The van der Waals surface area contributed by atoms with Gasteiger partial charge in [-0.15, -0.1) is 11.3 Å². The van der Waals surface area contributed by atoms with Crippen LogP contribution in [0, 0.1) is 0 Å². The molecule has 0 saturated carbocycles. The Bertz CT molecular complexity index is 6170. The number of fused-ring (bicyclic) bond motifs is 20. The highest BCUT2D eigenvalue weighted by molar-refractivity contribution is 7.26. The van der Waals surface area contributed by atoms with Crippen molar-refractivity contribution < 1.29 is 0 Å². The first-order valence-corrected chi connectivity index (χ1v) is 33.2. The lowest BCUT2D eigenvalue weighted by Gasteiger charge is -2.42. The summed E-state index contributed by atoms with van der Waals surface area (Å²) in [4.78, 5) is 2.73. The number of anilines is 3. The summed E-state index contributed by atoms with van der Waals surface area (Å²) in [5, 5.41) is 10.0. The molecule has 0 atom stereocenters. The molecule has 6 heteroatoms. The summed E-state index contributed by atoms with van der Waals surface area (Å²) in [6, 6.07) is 113. The van der Waals surface area contributed by atoms with Crippen LogP contribution >= 0.6 is 11.3 Å². The summed E-state index contributed by atoms with van der Waals surface area (Å²) in [6.07, 6.45) is 0. The standard InChI is InChI=1S/C87H55BN4S/c1-87(2)69-36-17-12-29-60(69)65-45-54(41-43-70(65)87)55-46-78-83-79(47-55)92(85-58(52-23-6-3-7-24-52)34-22-35-59(85)53-25-8-4-9-26-53)76-49-67-66-48-57(90-72-37-18-13-30-61(72)62-31-14-19-38-73(62)90)42-44-80(66)93-81(67)51-71(76)88(83)84-82-64-33-16-21-40-75(64)89(56-27-10-5-11-28-56)77(82)50-68-63-32-15-20-39-74(63)91(78)86(68)84/h3-51H,1-2H3. The fourth-order valence-corrected chi connectivity index (χ4v) is 18.4. The summed E-state index contributed by atoms with van der Waals surface area (Å²) in [5.41, 5.74) is 30.5. The minimum atomic E-state index is -0.201. The number of hydrogen-bond donors (Lipinski definition) is 0. The summed E-state index contributed by atoms with van der Waals surface area (Å²) < 4.78 is 10.2. The summed E-state index contributed by atoms with van der Waals surface area (Å²) in [7, 11) is 0. The SMILES string of the molecule is CC1(C)c2ccccc2-c2cc(-c3cc4c5c(c3)-n3c6ccccc6c6cc7c(c(c63)B5c3cc5sc6ccc(-n8c9ccccc9c9ccccc98)cc6c5cc3N4c3c(-c4ccccc4)cccc3-c3ccccc3)c3ccccc3n7-c3ccccc3)ccc21. The van der Waals surface area contributed by atoms with Crippen molar-refractivity contribution in [2.24, 2.45) is 0 Å². The second-order valence-corrected chi connectivity index (χ2v) is 27.3. The minimum Gasteiger partial charge on any atom is -0.310 e. The summed E-state index contributed by atoms with van der Waals surface area (Å²) >= 11 is 1.92. The van der Waals surface area contributed by atoms with E-state index >= 15 is 0 Å². The monoisotopic (exact) mass is 1200 g/mol. The van der Waals surface area contributed by atoms with Crippen molar-refractivity contribution in [3.8, 4) is 61.6 Å². The Hall–Kier alpha value is -11.4. The molecule has 0 amide bonds. The van der Waals surface area contributed by atoms with Gasteiger partial charge in [0.05, 0.1) is 38.8 Å². The molecule has 4 aromatic heterocycles. The van der Waals surface area contributed by atoms with Gasteiger partial charge in [0.2, 0.25) is 0 Å². The first-order chi connectivity index (χ1) is 45.9. The number of aromatic nitrogens is 3. The Morgan fingerprint density at radius 1 is 0.312 bits per heavy atom. The zero-order valence-electron chi connectivity index (χ0n) is 51.1. The van der Waals surface area contributed by atoms with Crippen molar-refractivity contribution in [3.05, 3.63) is 308 Å². The van der Waals surface area contributed by atoms with Crippen LogP contribution in [-0.2, 0) is 5.41 Å². The molecule has 4 nitrogen and oxygen atoms in total. The molecule has 6 heterocycles. The normalized spacial score (nSPS) is 13.5. The van der Waals surface area contributed by atoms with Crippen LogP contribution in [0.2, 0.25) is 0 Å². The molecule has 432 valence electrons. The van der Waals surface area contributed by atoms with Gasteiger partial charge in [0.1, 0.15) is 0 Å². The number of hydrogen-bond acceptors (Lipinski definition) is 2. The van der Waals surface area contributed by atoms with Gasteiger partial charge < -0.3 is 18.6 Å². The van der Waals surface area contributed by atoms with Crippen molar-refractivity contribution >= 4 is 137 Å². The van der Waals surface area contributed by atoms with Crippen molar-refractivity contribution in [1.82, 2.24) is 13.7 Å². The molecular formula is C87H55BN4S. The topological polar surface area (TPSA) is 18.0 Å². The van der Waals surface area contributed by atoms with Crippen LogP contribution in [0.4, 0.5) is 17.1 Å². The minimum absolute atomic E-state index is 0.134. The molecule has 0 bridgehead atoms. The molecule has 14 aromatic carbocycles. The van der Waals surface area contributed by atoms with E-state index in [4.69, 9.17) is 0 Å². The van der Waals surface area contributed by atoms with Crippen LogP contribution in [0.5, 0.6) is 0 Å². The molecule has 0 saturated heterocycles. The highest BCUT2D eigenvalue weighted by Crippen LogP contribution is 2.54. The number of thiophene rings is 1. The van der Waals surface area contributed by atoms with Crippen LogP contribution in [0.1, 0.15) is 25.0 Å². The molecular weight excluding hydrogens is 1140 g/mol. The first-order valence-electron chi connectivity index (χ1n) is 32.4. The molecule has 0 fully saturated rings. The third kappa shape index (κ3) is 6.95. The smallest absolute Gasteiger partial charge is 0.253 e. The molecule has 0 unspecified atom stereocenters. The lowest BCUT2D eigenvalue weighted by Crippen LogP contribution is -2.60. The van der Waals surface area contributed by atoms with Crippen LogP contribution in [-0.4, -0.2) is 20.4 Å². The second-order valence-electron chi connectivity index (χ2n) is 26.2. The lowest BCUT2D eigenvalue weighted by molar-refractivity contribution is 0.660. The van der Waals surface area contributed by atoms with Gasteiger partial charge in [-0.05, 0) is 152 Å². The van der Waals surface area contributed by atoms with E-state index in [1.54, 1.807) is 0 Å². The van der Waals surface area contributed by atoms with E-state index in [0.717, 1.165) is 28.2 Å². The van der Waals surface area contributed by atoms with E-state index in [0.29, 0.717) is 0 Å². The Kier molecular flexibility index (Phi) is 10.4. The average Bonchev–Trinajstić information content (AvgIpc) is 1.61. The van der Waals surface area contributed by atoms with E-state index in [2.05, 4.69) is 330 Å². The molecule has 93 heavy (non-hydrogen) atoms. The van der Waals surface area contributed by atoms with Crippen LogP contribution < -0.4 is 21.3 Å². The summed E-state index contributed by atoms with van der Waals surface area (Å²) in [5.74, 6) is 0. The zero-order valence-corrected chi connectivity index (χ0v) is 51.9. The van der Waals surface area contributed by atoms with Gasteiger partial charge >= 0.3 is 0 Å². The molecule has 3 aliphatic rings. The Morgan fingerprint density at radius 2 is 0.860 bits per heavy atom. The van der Waals surface area contributed by atoms with Crippen LogP contribution in [0.3, 0.4) is 0 Å². The van der Waals surface area contributed by atoms with Gasteiger partial charge in [-0.1, -0.05) is 220 Å². The first kappa shape index (κ1) is 51.3. The fourth-order valence-electron chi connectivity index (χ4n) is 17.2. The lowest BCUT2D eigenvalue weighted by atomic mass is 9.33. The highest BCUT2D eigenvalue weighted by Gasteiger charge is 2.46. The van der Waals surface area contributed by atoms with Gasteiger partial charge in [-0.2, -0.15) is 0 Å². The average molecular weight is 1200 g/mol. The highest BCUT2D eigenvalue weighted by atomic mass is 32.1. The third-order valence-corrected chi connectivity index (χ3v) is 22.3. The van der Waals surface area contributed by atoms with Gasteiger partial charge in [0.15, 0.2) is 0 Å². The van der Waals surface area contributed by atoms with E-state index in [9.17, 15) is 0 Å². The van der Waals surface area contributed by atoms with Crippen molar-refractivity contribution in [3.63, 3.8) is 0 Å². The van der Waals surface area contributed by atoms with E-state index in [-0.39, 0.29) is 12.1 Å². The maximum Gasteiger partial charge on any atom is 0.253 e. The molecule has 1 aliphatic carbocycles. The largest absolute Gasteiger partial charge is 0.310 e. The van der Waals surface area contributed by atoms with Crippen LogP contribution in [0.25, 0.3) is 147 Å². The van der Waals surface area contributed by atoms with Crippen molar-refractivity contribution in [2.75, 3.05) is 4.90 Å². The van der Waals surface area contributed by atoms with Gasteiger partial charge in [0.25, 0.3) is 6.71 Å². The molecule has 2 aliphatic heterocycles. The molecule has 0 radical (unpaired) electrons. The number of para-hydroxylation sites is 6. The maximum atomic E-state index is 2.73. The predicted octanol–water partition coefficient (Wildman–Crippen LogP) is 21.3. The number of nitrogens with zero attached hydrogens (tertiary/aromatic N) is 4. The Balaban J connectivity index is 0.950. The quantitative estimate of drug-likeness (QED) is 0.152. The molecule has 21 rings (SSSR count). The predicted molar refractivity (Wildman–Crippen MR) is 396 cm³/mol. The van der Waals surface area contributed by atoms with Gasteiger partial charge in [-0.25, -0.2) is 0 Å².